The lowest BCUT2D eigenvalue weighted by Crippen LogP contribution is -1.96. The normalized spacial score (nSPS) is 10.4. The fraction of sp³-hybridized carbons (Fsp3) is 0.0833. The van der Waals surface area contributed by atoms with Crippen molar-refractivity contribution >= 4 is 40.6 Å². The van der Waals surface area contributed by atoms with Crippen LogP contribution < -0.4 is 10.5 Å². The van der Waals surface area contributed by atoms with Gasteiger partial charge in [0, 0.05) is 5.02 Å². The molecule has 2 N–H and O–H groups in total. The van der Waals surface area contributed by atoms with Crippen LogP contribution in [0.1, 0.15) is 5.56 Å². The van der Waals surface area contributed by atoms with Crippen molar-refractivity contribution in [3.8, 4) is 11.6 Å². The van der Waals surface area contributed by atoms with Gasteiger partial charge in [-0.1, -0.05) is 34.8 Å². The van der Waals surface area contributed by atoms with Crippen molar-refractivity contribution in [2.75, 3.05) is 5.73 Å². The van der Waals surface area contributed by atoms with Crippen LogP contribution in [0.2, 0.25) is 15.1 Å². The summed E-state index contributed by atoms with van der Waals surface area (Å²) in [5.41, 5.74) is 6.49. The fourth-order valence-electron chi connectivity index (χ4n) is 1.33. The summed E-state index contributed by atoms with van der Waals surface area (Å²) < 4.78 is 5.54. The van der Waals surface area contributed by atoms with Crippen molar-refractivity contribution in [3.05, 3.63) is 44.9 Å². The third-order valence-electron chi connectivity index (χ3n) is 2.27. The van der Waals surface area contributed by atoms with E-state index in [2.05, 4.69) is 4.98 Å². The first-order valence-corrected chi connectivity index (χ1v) is 6.16. The molecule has 3 nitrogen and oxygen atoms in total. The van der Waals surface area contributed by atoms with E-state index in [0.29, 0.717) is 20.8 Å². The van der Waals surface area contributed by atoms with E-state index >= 15 is 0 Å². The minimum Gasteiger partial charge on any atom is -0.437 e. The molecule has 0 aliphatic rings. The monoisotopic (exact) mass is 302 g/mol. The van der Waals surface area contributed by atoms with E-state index in [4.69, 9.17) is 45.3 Å². The minimum atomic E-state index is 0.168. The van der Waals surface area contributed by atoms with Crippen LogP contribution in [-0.2, 0) is 0 Å². The minimum absolute atomic E-state index is 0.168. The molecule has 0 aliphatic carbocycles. The molecule has 0 unspecified atom stereocenters. The zero-order valence-electron chi connectivity index (χ0n) is 9.38. The Balaban J connectivity index is 2.34. The number of pyridine rings is 1. The standard InChI is InChI=1S/C12H9Cl3N2O/c1-6-4-7(2-3-8(6)13)18-12-10(15)5-9(14)11(16)17-12/h2-5H,1H3,(H2,16,17). The molecular formula is C12H9Cl3N2O. The quantitative estimate of drug-likeness (QED) is 0.873. The van der Waals surface area contributed by atoms with Crippen molar-refractivity contribution in [2.24, 2.45) is 0 Å². The highest BCUT2D eigenvalue weighted by Gasteiger charge is 2.10. The highest BCUT2D eigenvalue weighted by atomic mass is 35.5. The van der Waals surface area contributed by atoms with Gasteiger partial charge >= 0.3 is 0 Å². The van der Waals surface area contributed by atoms with Crippen LogP contribution in [0.25, 0.3) is 0 Å². The average Bonchev–Trinajstić information content (AvgIpc) is 2.31. The Kier molecular flexibility index (Phi) is 3.85. The molecule has 1 heterocycles. The molecule has 94 valence electrons. The number of nitrogen functional groups attached to an aromatic ring is 1. The second-order valence-corrected chi connectivity index (χ2v) is 4.88. The Morgan fingerprint density at radius 1 is 1.06 bits per heavy atom. The largest absolute Gasteiger partial charge is 0.437 e. The SMILES string of the molecule is Cc1cc(Oc2nc(N)c(Cl)cc2Cl)ccc1Cl. The van der Waals surface area contributed by atoms with Crippen molar-refractivity contribution in [3.63, 3.8) is 0 Å². The van der Waals surface area contributed by atoms with Gasteiger partial charge in [-0.15, -0.1) is 0 Å². The second-order valence-electron chi connectivity index (χ2n) is 3.66. The topological polar surface area (TPSA) is 48.1 Å². The number of anilines is 1. The van der Waals surface area contributed by atoms with Crippen LogP contribution >= 0.6 is 34.8 Å². The van der Waals surface area contributed by atoms with Crippen LogP contribution in [0.4, 0.5) is 5.82 Å². The summed E-state index contributed by atoms with van der Waals surface area (Å²) in [6.07, 6.45) is 0. The summed E-state index contributed by atoms with van der Waals surface area (Å²) >= 11 is 17.7. The number of aryl methyl sites for hydroxylation is 1. The van der Waals surface area contributed by atoms with Gasteiger partial charge in [-0.2, -0.15) is 4.98 Å². The highest BCUT2D eigenvalue weighted by molar-refractivity contribution is 6.36. The first kappa shape index (κ1) is 13.3. The van der Waals surface area contributed by atoms with Gasteiger partial charge in [-0.3, -0.25) is 0 Å². The number of nitrogens with two attached hydrogens (primary N) is 1. The zero-order valence-corrected chi connectivity index (χ0v) is 11.6. The van der Waals surface area contributed by atoms with Crippen molar-refractivity contribution < 1.29 is 4.74 Å². The molecule has 6 heteroatoms. The number of aromatic nitrogens is 1. The predicted octanol–water partition coefficient (Wildman–Crippen LogP) is 4.72. The van der Waals surface area contributed by atoms with E-state index in [1.54, 1.807) is 18.2 Å². The van der Waals surface area contributed by atoms with Crippen LogP contribution in [-0.4, -0.2) is 4.98 Å². The average molecular weight is 304 g/mol. The van der Waals surface area contributed by atoms with Gasteiger partial charge in [0.1, 0.15) is 16.6 Å². The maximum absolute atomic E-state index is 5.97. The second kappa shape index (κ2) is 5.22. The van der Waals surface area contributed by atoms with Gasteiger partial charge < -0.3 is 10.5 Å². The van der Waals surface area contributed by atoms with Crippen LogP contribution in [0, 0.1) is 6.92 Å². The molecule has 0 aliphatic heterocycles. The lowest BCUT2D eigenvalue weighted by Gasteiger charge is -2.09. The van der Waals surface area contributed by atoms with Gasteiger partial charge in [-0.05, 0) is 36.8 Å². The molecule has 18 heavy (non-hydrogen) atoms. The molecular weight excluding hydrogens is 295 g/mol. The molecule has 0 saturated heterocycles. The number of halogens is 3. The number of nitrogens with zero attached hydrogens (tertiary/aromatic N) is 1. The summed E-state index contributed by atoms with van der Waals surface area (Å²) in [5.74, 6) is 0.954. The zero-order chi connectivity index (χ0) is 13.3. The molecule has 0 atom stereocenters. The first-order valence-electron chi connectivity index (χ1n) is 5.03. The van der Waals surface area contributed by atoms with E-state index in [1.807, 2.05) is 6.92 Å². The molecule has 2 rings (SSSR count). The van der Waals surface area contributed by atoms with E-state index in [-0.39, 0.29) is 11.7 Å². The van der Waals surface area contributed by atoms with Crippen LogP contribution in [0.5, 0.6) is 11.6 Å². The molecule has 0 fully saturated rings. The molecule has 2 aromatic rings. The Morgan fingerprint density at radius 2 is 1.78 bits per heavy atom. The van der Waals surface area contributed by atoms with E-state index < -0.39 is 0 Å². The Labute approximate surface area is 119 Å². The van der Waals surface area contributed by atoms with E-state index in [9.17, 15) is 0 Å². The van der Waals surface area contributed by atoms with E-state index in [0.717, 1.165) is 5.56 Å². The van der Waals surface area contributed by atoms with Crippen LogP contribution in [0.3, 0.4) is 0 Å². The molecule has 1 aromatic carbocycles. The maximum atomic E-state index is 5.97. The summed E-state index contributed by atoms with van der Waals surface area (Å²) in [6.45, 7) is 1.88. The van der Waals surface area contributed by atoms with Gasteiger partial charge in [0.25, 0.3) is 0 Å². The Hall–Kier alpha value is -1.16. The van der Waals surface area contributed by atoms with Crippen molar-refractivity contribution in [1.29, 1.82) is 0 Å². The van der Waals surface area contributed by atoms with Crippen molar-refractivity contribution in [1.82, 2.24) is 4.98 Å². The molecule has 1 aromatic heterocycles. The lowest BCUT2D eigenvalue weighted by atomic mass is 10.2. The Morgan fingerprint density at radius 3 is 2.44 bits per heavy atom. The fourth-order valence-corrected chi connectivity index (χ4v) is 1.84. The van der Waals surface area contributed by atoms with Gasteiger partial charge in [-0.25, -0.2) is 0 Å². The molecule has 0 amide bonds. The third-order valence-corrected chi connectivity index (χ3v) is 3.27. The summed E-state index contributed by atoms with van der Waals surface area (Å²) in [4.78, 5) is 3.98. The summed E-state index contributed by atoms with van der Waals surface area (Å²) in [6, 6.07) is 6.73. The smallest absolute Gasteiger partial charge is 0.240 e. The summed E-state index contributed by atoms with van der Waals surface area (Å²) in [5, 5.41) is 1.25. The van der Waals surface area contributed by atoms with Gasteiger partial charge in [0.15, 0.2) is 0 Å². The number of benzene rings is 1. The molecule has 0 spiro atoms. The van der Waals surface area contributed by atoms with Gasteiger partial charge in [0.05, 0.1) is 5.02 Å². The molecule has 0 radical (unpaired) electrons. The highest BCUT2D eigenvalue weighted by Crippen LogP contribution is 2.33. The molecule has 0 saturated carbocycles. The number of hydrogen-bond acceptors (Lipinski definition) is 3. The Bertz CT molecular complexity index is 602. The lowest BCUT2D eigenvalue weighted by molar-refractivity contribution is 0.464. The first-order chi connectivity index (χ1) is 8.47. The van der Waals surface area contributed by atoms with E-state index in [1.165, 1.54) is 6.07 Å². The number of hydrogen-bond donors (Lipinski definition) is 1. The predicted molar refractivity (Wildman–Crippen MR) is 74.9 cm³/mol. The van der Waals surface area contributed by atoms with Crippen molar-refractivity contribution in [2.45, 2.75) is 6.92 Å². The molecule has 0 bridgehead atoms. The summed E-state index contributed by atoms with van der Waals surface area (Å²) in [7, 11) is 0. The third kappa shape index (κ3) is 2.80. The number of rotatable bonds is 2. The van der Waals surface area contributed by atoms with Crippen LogP contribution in [0.15, 0.2) is 24.3 Å². The van der Waals surface area contributed by atoms with Gasteiger partial charge in [0.2, 0.25) is 5.88 Å². The maximum Gasteiger partial charge on any atom is 0.240 e. The number of ether oxygens (including phenoxy) is 1.